The van der Waals surface area contributed by atoms with Gasteiger partial charge in [-0.05, 0) is 32.3 Å². The van der Waals surface area contributed by atoms with E-state index in [0.717, 1.165) is 12.8 Å². The molecule has 2 rings (SSSR count). The van der Waals surface area contributed by atoms with Gasteiger partial charge in [-0.15, -0.1) is 0 Å². The van der Waals surface area contributed by atoms with E-state index >= 15 is 0 Å². The van der Waals surface area contributed by atoms with Crippen LogP contribution in [-0.2, 0) is 4.79 Å². The molecule has 0 aliphatic carbocycles. The van der Waals surface area contributed by atoms with Crippen LogP contribution in [0.2, 0.25) is 0 Å². The molecule has 3 N–H and O–H groups in total. The first-order valence-corrected chi connectivity index (χ1v) is 6.54. The number of piperidine rings is 1. The van der Waals surface area contributed by atoms with Crippen molar-refractivity contribution in [3.8, 4) is 0 Å². The summed E-state index contributed by atoms with van der Waals surface area (Å²) in [6.45, 7) is 2.16. The standard InChI is InChI=1S/C14H19FN2O2/c1-9(18)10-5-4-6-11(15)13(10)17-8-3-2-7-12(17)14(16)19/h4-6,9,12,18H,2-3,7-8H2,1H3,(H2,16,19)/t9-,12?/m0/s1. The van der Waals surface area contributed by atoms with Crippen LogP contribution in [0.1, 0.15) is 37.9 Å². The van der Waals surface area contributed by atoms with Gasteiger partial charge >= 0.3 is 0 Å². The molecule has 0 bridgehead atoms. The van der Waals surface area contributed by atoms with Crippen molar-refractivity contribution in [2.24, 2.45) is 5.73 Å². The molecule has 1 aliphatic heterocycles. The summed E-state index contributed by atoms with van der Waals surface area (Å²) in [6, 6.07) is 4.08. The van der Waals surface area contributed by atoms with Crippen LogP contribution < -0.4 is 10.6 Å². The zero-order valence-electron chi connectivity index (χ0n) is 11.0. The Kier molecular flexibility index (Phi) is 4.04. The maximum absolute atomic E-state index is 14.1. The van der Waals surface area contributed by atoms with Crippen molar-refractivity contribution < 1.29 is 14.3 Å². The molecule has 1 saturated heterocycles. The first-order valence-electron chi connectivity index (χ1n) is 6.54. The van der Waals surface area contributed by atoms with Gasteiger partial charge in [0.1, 0.15) is 11.9 Å². The van der Waals surface area contributed by atoms with E-state index in [1.54, 1.807) is 24.0 Å². The van der Waals surface area contributed by atoms with E-state index in [1.807, 2.05) is 0 Å². The van der Waals surface area contributed by atoms with Crippen LogP contribution >= 0.6 is 0 Å². The molecule has 0 aromatic heterocycles. The fraction of sp³-hybridized carbons (Fsp3) is 0.500. The first-order chi connectivity index (χ1) is 9.02. The van der Waals surface area contributed by atoms with Crippen LogP contribution in [0.3, 0.4) is 0 Å². The van der Waals surface area contributed by atoms with Crippen molar-refractivity contribution in [2.45, 2.75) is 38.3 Å². The number of hydrogen-bond donors (Lipinski definition) is 2. The molecule has 4 nitrogen and oxygen atoms in total. The zero-order valence-corrected chi connectivity index (χ0v) is 11.0. The lowest BCUT2D eigenvalue weighted by molar-refractivity contribution is -0.119. The third kappa shape index (κ3) is 2.71. The Morgan fingerprint density at radius 3 is 2.89 bits per heavy atom. The number of primary amides is 1. The molecule has 0 radical (unpaired) electrons. The summed E-state index contributed by atoms with van der Waals surface area (Å²) in [4.78, 5) is 13.2. The Morgan fingerprint density at radius 1 is 1.53 bits per heavy atom. The van der Waals surface area contributed by atoms with Gasteiger partial charge in [0.25, 0.3) is 0 Å². The van der Waals surface area contributed by atoms with Crippen LogP contribution in [0.25, 0.3) is 0 Å². The second-order valence-electron chi connectivity index (χ2n) is 4.96. The predicted molar refractivity (Wildman–Crippen MR) is 71.2 cm³/mol. The van der Waals surface area contributed by atoms with E-state index in [0.29, 0.717) is 24.2 Å². The predicted octanol–water partition coefficient (Wildman–Crippen LogP) is 1.72. The lowest BCUT2D eigenvalue weighted by atomic mass is 9.98. The largest absolute Gasteiger partial charge is 0.389 e. The van der Waals surface area contributed by atoms with E-state index in [9.17, 15) is 14.3 Å². The molecule has 2 atom stereocenters. The fourth-order valence-corrected chi connectivity index (χ4v) is 2.67. The maximum Gasteiger partial charge on any atom is 0.240 e. The lowest BCUT2D eigenvalue weighted by Gasteiger charge is -2.37. The van der Waals surface area contributed by atoms with Gasteiger partial charge in [0.2, 0.25) is 5.91 Å². The summed E-state index contributed by atoms with van der Waals surface area (Å²) in [5.74, 6) is -0.869. The van der Waals surface area contributed by atoms with Gasteiger partial charge in [-0.2, -0.15) is 0 Å². The Labute approximate surface area is 112 Å². The third-order valence-corrected chi connectivity index (χ3v) is 3.59. The monoisotopic (exact) mass is 266 g/mol. The number of nitrogens with two attached hydrogens (primary N) is 1. The molecule has 0 saturated carbocycles. The summed E-state index contributed by atoms with van der Waals surface area (Å²) < 4.78 is 14.1. The molecule has 19 heavy (non-hydrogen) atoms. The van der Waals surface area contributed by atoms with Crippen LogP contribution in [0.15, 0.2) is 18.2 Å². The molecule has 1 aromatic carbocycles. The van der Waals surface area contributed by atoms with E-state index in [-0.39, 0.29) is 0 Å². The molecule has 1 fully saturated rings. The number of halogens is 1. The summed E-state index contributed by atoms with van der Waals surface area (Å²) in [5.41, 5.74) is 6.21. The zero-order chi connectivity index (χ0) is 14.0. The van der Waals surface area contributed by atoms with Gasteiger partial charge < -0.3 is 15.7 Å². The topological polar surface area (TPSA) is 66.6 Å². The SMILES string of the molecule is C[C@H](O)c1cccc(F)c1N1CCCCC1C(N)=O. The number of benzene rings is 1. The summed E-state index contributed by atoms with van der Waals surface area (Å²) in [6.07, 6.45) is 1.63. The smallest absolute Gasteiger partial charge is 0.240 e. The maximum atomic E-state index is 14.1. The second kappa shape index (κ2) is 5.57. The molecule has 5 heteroatoms. The highest BCUT2D eigenvalue weighted by Crippen LogP contribution is 2.33. The van der Waals surface area contributed by atoms with Crippen LogP contribution in [0, 0.1) is 5.82 Å². The summed E-state index contributed by atoms with van der Waals surface area (Å²) in [7, 11) is 0. The number of hydrogen-bond acceptors (Lipinski definition) is 3. The molecule has 104 valence electrons. The minimum absolute atomic E-state index is 0.306. The summed E-state index contributed by atoms with van der Waals surface area (Å²) >= 11 is 0. The van der Waals surface area contributed by atoms with E-state index in [1.165, 1.54) is 6.07 Å². The number of carbonyl (C=O) groups excluding carboxylic acids is 1. The highest BCUT2D eigenvalue weighted by molar-refractivity contribution is 5.84. The summed E-state index contributed by atoms with van der Waals surface area (Å²) in [5, 5.41) is 9.77. The van der Waals surface area contributed by atoms with Crippen LogP contribution in [0.4, 0.5) is 10.1 Å². The number of amides is 1. The number of aliphatic hydroxyl groups is 1. The van der Waals surface area contributed by atoms with E-state index in [2.05, 4.69) is 0 Å². The fourth-order valence-electron chi connectivity index (χ4n) is 2.67. The number of para-hydroxylation sites is 1. The molecule has 1 aliphatic rings. The van der Waals surface area contributed by atoms with Crippen LogP contribution in [0.5, 0.6) is 0 Å². The van der Waals surface area contributed by atoms with E-state index < -0.39 is 23.9 Å². The van der Waals surface area contributed by atoms with Gasteiger partial charge in [-0.25, -0.2) is 4.39 Å². The quantitative estimate of drug-likeness (QED) is 0.875. The Hall–Kier alpha value is -1.62. The Balaban J connectivity index is 2.46. The van der Waals surface area contributed by atoms with Crippen molar-refractivity contribution in [1.82, 2.24) is 0 Å². The first kappa shape index (κ1) is 13.8. The van der Waals surface area contributed by atoms with Gasteiger partial charge in [0.05, 0.1) is 11.8 Å². The van der Waals surface area contributed by atoms with Crippen LogP contribution in [-0.4, -0.2) is 23.6 Å². The molecule has 1 amide bonds. The molecule has 1 unspecified atom stereocenters. The number of anilines is 1. The Bertz CT molecular complexity index is 477. The van der Waals surface area contributed by atoms with Crippen molar-refractivity contribution >= 4 is 11.6 Å². The van der Waals surface area contributed by atoms with Gasteiger partial charge in [0.15, 0.2) is 0 Å². The van der Waals surface area contributed by atoms with Gasteiger partial charge in [-0.3, -0.25) is 4.79 Å². The van der Waals surface area contributed by atoms with Crippen molar-refractivity contribution in [2.75, 3.05) is 11.4 Å². The minimum Gasteiger partial charge on any atom is -0.389 e. The number of nitrogens with zero attached hydrogens (tertiary/aromatic N) is 1. The highest BCUT2D eigenvalue weighted by Gasteiger charge is 2.30. The average Bonchev–Trinajstić information content (AvgIpc) is 2.38. The lowest BCUT2D eigenvalue weighted by Crippen LogP contribution is -2.48. The third-order valence-electron chi connectivity index (χ3n) is 3.59. The number of rotatable bonds is 3. The van der Waals surface area contributed by atoms with Gasteiger partial charge in [-0.1, -0.05) is 12.1 Å². The molecular weight excluding hydrogens is 247 g/mol. The highest BCUT2D eigenvalue weighted by atomic mass is 19.1. The molecule has 1 heterocycles. The second-order valence-corrected chi connectivity index (χ2v) is 4.96. The average molecular weight is 266 g/mol. The van der Waals surface area contributed by atoms with Crippen molar-refractivity contribution in [3.63, 3.8) is 0 Å². The normalized spacial score (nSPS) is 21.2. The van der Waals surface area contributed by atoms with Crippen molar-refractivity contribution in [1.29, 1.82) is 0 Å². The number of carbonyl (C=O) groups is 1. The molecule has 0 spiro atoms. The molecular formula is C14H19FN2O2. The van der Waals surface area contributed by atoms with Crippen molar-refractivity contribution in [3.05, 3.63) is 29.6 Å². The minimum atomic E-state index is -0.791. The van der Waals surface area contributed by atoms with E-state index in [4.69, 9.17) is 5.73 Å². The molecule has 1 aromatic rings. The Morgan fingerprint density at radius 2 is 2.26 bits per heavy atom. The van der Waals surface area contributed by atoms with Gasteiger partial charge in [0, 0.05) is 12.1 Å². The number of aliphatic hydroxyl groups excluding tert-OH is 1.